The van der Waals surface area contributed by atoms with Crippen LogP contribution < -0.4 is 15.8 Å². The fourth-order valence-corrected chi connectivity index (χ4v) is 3.21. The lowest BCUT2D eigenvalue weighted by atomic mass is 9.86. The zero-order valence-corrected chi connectivity index (χ0v) is 14.6. The normalized spacial score (nSPS) is 14.7. The van der Waals surface area contributed by atoms with Crippen molar-refractivity contribution in [2.75, 3.05) is 18.8 Å². The van der Waals surface area contributed by atoms with Gasteiger partial charge in [-0.15, -0.1) is 12.4 Å². The molecule has 6 nitrogen and oxygen atoms in total. The number of carbonyl (C=O) groups excluding carboxylic acids is 1. The first kappa shape index (κ1) is 19.9. The highest BCUT2D eigenvalue weighted by atomic mass is 35.5. The molecule has 8 heteroatoms. The van der Waals surface area contributed by atoms with Crippen LogP contribution in [-0.2, 0) is 16.6 Å². The largest absolute Gasteiger partial charge is 0.351 e. The van der Waals surface area contributed by atoms with Crippen LogP contribution in [0.3, 0.4) is 0 Å². The second kappa shape index (κ2) is 9.22. The average Bonchev–Trinajstić information content (AvgIpc) is 2.45. The molecular formula is C15H24ClN3O3S. The summed E-state index contributed by atoms with van der Waals surface area (Å²) in [5.74, 6) is 0.0926. The molecule has 0 aromatic heterocycles. The van der Waals surface area contributed by atoms with Gasteiger partial charge in [-0.05, 0) is 36.5 Å². The molecule has 0 aliphatic heterocycles. The maximum absolute atomic E-state index is 11.9. The molecular weight excluding hydrogens is 338 g/mol. The number of hydrogen-bond acceptors (Lipinski definition) is 4. The minimum absolute atomic E-state index is 0. The van der Waals surface area contributed by atoms with Crippen molar-refractivity contribution in [1.29, 1.82) is 0 Å². The Morgan fingerprint density at radius 1 is 1.22 bits per heavy atom. The van der Waals surface area contributed by atoms with Crippen LogP contribution in [0.1, 0.15) is 35.2 Å². The molecule has 0 atom stereocenters. The molecule has 1 saturated carbocycles. The Kier molecular flexibility index (Phi) is 7.98. The van der Waals surface area contributed by atoms with Crippen LogP contribution in [0.25, 0.3) is 0 Å². The van der Waals surface area contributed by atoms with Crippen molar-refractivity contribution in [3.8, 4) is 0 Å². The fourth-order valence-electron chi connectivity index (χ4n) is 2.21. The van der Waals surface area contributed by atoms with E-state index in [1.807, 2.05) is 0 Å². The van der Waals surface area contributed by atoms with Crippen LogP contribution in [-0.4, -0.2) is 33.2 Å². The standard InChI is InChI=1S/C15H23N3O3S.ClH/c16-10-12-4-6-14(7-5-12)15(19)17-8-9-22(20,21)18-11-13-2-1-3-13;/h4-7,13,18H,1-3,8-11,16H2,(H,17,19);1H. The van der Waals surface area contributed by atoms with Crippen molar-refractivity contribution in [1.82, 2.24) is 10.0 Å². The number of amides is 1. The van der Waals surface area contributed by atoms with Crippen LogP contribution in [0.2, 0.25) is 0 Å². The van der Waals surface area contributed by atoms with Crippen LogP contribution in [0.5, 0.6) is 0 Å². The molecule has 2 rings (SSSR count). The Balaban J connectivity index is 0.00000264. The first-order valence-electron chi connectivity index (χ1n) is 7.55. The van der Waals surface area contributed by atoms with E-state index >= 15 is 0 Å². The van der Waals surface area contributed by atoms with E-state index in [-0.39, 0.29) is 30.6 Å². The highest BCUT2D eigenvalue weighted by molar-refractivity contribution is 7.89. The Hall–Kier alpha value is -1.15. The van der Waals surface area contributed by atoms with E-state index < -0.39 is 10.0 Å². The molecule has 23 heavy (non-hydrogen) atoms. The van der Waals surface area contributed by atoms with Gasteiger partial charge in [0, 0.05) is 25.2 Å². The number of benzene rings is 1. The maximum atomic E-state index is 11.9. The van der Waals surface area contributed by atoms with Gasteiger partial charge in [-0.25, -0.2) is 13.1 Å². The van der Waals surface area contributed by atoms with Gasteiger partial charge in [0.05, 0.1) is 5.75 Å². The third kappa shape index (κ3) is 6.47. The summed E-state index contributed by atoms with van der Waals surface area (Å²) >= 11 is 0. The predicted molar refractivity (Wildman–Crippen MR) is 93.0 cm³/mol. The van der Waals surface area contributed by atoms with Gasteiger partial charge in [-0.2, -0.15) is 0 Å². The maximum Gasteiger partial charge on any atom is 0.251 e. The Morgan fingerprint density at radius 3 is 2.39 bits per heavy atom. The number of sulfonamides is 1. The number of halogens is 1. The smallest absolute Gasteiger partial charge is 0.251 e. The van der Waals surface area contributed by atoms with Crippen LogP contribution >= 0.6 is 12.4 Å². The van der Waals surface area contributed by atoms with Gasteiger partial charge in [0.1, 0.15) is 0 Å². The van der Waals surface area contributed by atoms with Gasteiger partial charge in [0.2, 0.25) is 10.0 Å². The molecule has 1 aliphatic carbocycles. The first-order valence-corrected chi connectivity index (χ1v) is 9.20. The minimum Gasteiger partial charge on any atom is -0.351 e. The summed E-state index contributed by atoms with van der Waals surface area (Å²) in [6, 6.07) is 6.93. The number of carbonyl (C=O) groups is 1. The van der Waals surface area contributed by atoms with Gasteiger partial charge in [-0.3, -0.25) is 4.79 Å². The summed E-state index contributed by atoms with van der Waals surface area (Å²) in [5.41, 5.74) is 6.93. The molecule has 0 radical (unpaired) electrons. The topological polar surface area (TPSA) is 101 Å². The monoisotopic (exact) mass is 361 g/mol. The van der Waals surface area contributed by atoms with Gasteiger partial charge in [0.15, 0.2) is 0 Å². The molecule has 1 aliphatic rings. The molecule has 0 heterocycles. The Morgan fingerprint density at radius 2 is 1.87 bits per heavy atom. The molecule has 0 unspecified atom stereocenters. The van der Waals surface area contributed by atoms with E-state index in [1.54, 1.807) is 24.3 Å². The van der Waals surface area contributed by atoms with Crippen molar-refractivity contribution >= 4 is 28.3 Å². The minimum atomic E-state index is -3.32. The molecule has 1 aromatic carbocycles. The molecule has 130 valence electrons. The van der Waals surface area contributed by atoms with Crippen LogP contribution in [0, 0.1) is 5.92 Å². The molecule has 0 spiro atoms. The number of nitrogens with one attached hydrogen (secondary N) is 2. The molecule has 0 saturated heterocycles. The van der Waals surface area contributed by atoms with Crippen molar-refractivity contribution in [2.24, 2.45) is 11.7 Å². The third-order valence-electron chi connectivity index (χ3n) is 3.92. The lowest BCUT2D eigenvalue weighted by Gasteiger charge is -2.25. The van der Waals surface area contributed by atoms with Gasteiger partial charge >= 0.3 is 0 Å². The number of rotatable bonds is 8. The second-order valence-corrected chi connectivity index (χ2v) is 7.55. The molecule has 4 N–H and O–H groups in total. The Bertz CT molecular complexity index is 601. The Labute approximate surface area is 143 Å². The first-order chi connectivity index (χ1) is 10.5. The molecule has 1 amide bonds. The van der Waals surface area contributed by atoms with Gasteiger partial charge < -0.3 is 11.1 Å². The highest BCUT2D eigenvalue weighted by Crippen LogP contribution is 2.25. The van der Waals surface area contributed by atoms with E-state index in [4.69, 9.17) is 5.73 Å². The lowest BCUT2D eigenvalue weighted by molar-refractivity contribution is 0.0956. The average molecular weight is 362 g/mol. The van der Waals surface area contributed by atoms with E-state index in [0.717, 1.165) is 18.4 Å². The molecule has 0 bridgehead atoms. The van der Waals surface area contributed by atoms with Gasteiger partial charge in [-0.1, -0.05) is 18.6 Å². The summed E-state index contributed by atoms with van der Waals surface area (Å²) in [4.78, 5) is 11.9. The fraction of sp³-hybridized carbons (Fsp3) is 0.533. The summed E-state index contributed by atoms with van der Waals surface area (Å²) in [6.45, 7) is 1.03. The van der Waals surface area contributed by atoms with Crippen LogP contribution in [0.15, 0.2) is 24.3 Å². The quantitative estimate of drug-likeness (QED) is 0.643. The predicted octanol–water partition coefficient (Wildman–Crippen LogP) is 1.02. The second-order valence-electron chi connectivity index (χ2n) is 5.62. The summed E-state index contributed by atoms with van der Waals surface area (Å²) in [6.07, 6.45) is 3.38. The SMILES string of the molecule is Cl.NCc1ccc(C(=O)NCCS(=O)(=O)NCC2CCC2)cc1. The number of hydrogen-bond donors (Lipinski definition) is 3. The van der Waals surface area contributed by atoms with Crippen LogP contribution in [0.4, 0.5) is 0 Å². The van der Waals surface area contributed by atoms with E-state index in [2.05, 4.69) is 10.0 Å². The number of nitrogens with two attached hydrogens (primary N) is 1. The summed E-state index contributed by atoms with van der Waals surface area (Å²) < 4.78 is 26.2. The third-order valence-corrected chi connectivity index (χ3v) is 5.27. The van der Waals surface area contributed by atoms with Crippen molar-refractivity contribution in [3.05, 3.63) is 35.4 Å². The van der Waals surface area contributed by atoms with Crippen molar-refractivity contribution in [2.45, 2.75) is 25.8 Å². The van der Waals surface area contributed by atoms with Crippen molar-refractivity contribution in [3.63, 3.8) is 0 Å². The molecule has 1 aromatic rings. The van der Waals surface area contributed by atoms with E-state index in [9.17, 15) is 13.2 Å². The zero-order chi connectivity index (χ0) is 16.0. The van der Waals surface area contributed by atoms with E-state index in [0.29, 0.717) is 24.6 Å². The summed E-state index contributed by atoms with van der Waals surface area (Å²) in [7, 11) is -3.32. The molecule has 1 fully saturated rings. The highest BCUT2D eigenvalue weighted by Gasteiger charge is 2.20. The zero-order valence-electron chi connectivity index (χ0n) is 13.0. The lowest BCUT2D eigenvalue weighted by Crippen LogP contribution is -2.37. The van der Waals surface area contributed by atoms with Gasteiger partial charge in [0.25, 0.3) is 5.91 Å². The van der Waals surface area contributed by atoms with Crippen molar-refractivity contribution < 1.29 is 13.2 Å². The summed E-state index contributed by atoms with van der Waals surface area (Å²) in [5, 5.41) is 2.62. The van der Waals surface area contributed by atoms with E-state index in [1.165, 1.54) is 6.42 Å².